The molecule has 1 N–H and O–H groups in total. The van der Waals surface area contributed by atoms with E-state index in [1.54, 1.807) is 5.38 Å². The van der Waals surface area contributed by atoms with E-state index in [-0.39, 0.29) is 12.1 Å². The number of carbonyl (C=O) groups excluding carboxylic acids is 1. The SMILES string of the molecule is CN1CCN(Cc2ccc(-c3nc(CC(=O)Nc4cccc(C(F)(F)F)c4)cs3)cc2)CC1. The Morgan fingerprint density at radius 2 is 1.82 bits per heavy atom. The van der Waals surface area contributed by atoms with E-state index in [0.717, 1.165) is 55.4 Å². The minimum absolute atomic E-state index is 0.00572. The van der Waals surface area contributed by atoms with Crippen molar-refractivity contribution in [1.82, 2.24) is 14.8 Å². The average molecular weight is 475 g/mol. The number of anilines is 1. The van der Waals surface area contributed by atoms with Gasteiger partial charge in [0.2, 0.25) is 5.91 Å². The number of benzene rings is 2. The van der Waals surface area contributed by atoms with Gasteiger partial charge in [0.15, 0.2) is 0 Å². The van der Waals surface area contributed by atoms with Crippen LogP contribution in [-0.2, 0) is 23.9 Å². The van der Waals surface area contributed by atoms with E-state index in [0.29, 0.717) is 5.69 Å². The summed E-state index contributed by atoms with van der Waals surface area (Å²) in [5.41, 5.74) is 2.13. The second-order valence-corrected chi connectivity index (χ2v) is 9.08. The third-order valence-electron chi connectivity index (χ3n) is 5.57. The molecule has 5 nitrogen and oxygen atoms in total. The standard InChI is InChI=1S/C24H25F3N4OS/c1-30-9-11-31(12-10-30)15-17-5-7-18(8-6-17)23-29-21(16-33-23)14-22(32)28-20-4-2-3-19(13-20)24(25,26)27/h2-8,13,16H,9-12,14-15H2,1H3,(H,28,32). The first-order valence-corrected chi connectivity index (χ1v) is 11.6. The molecule has 1 aromatic heterocycles. The van der Waals surface area contributed by atoms with E-state index in [9.17, 15) is 18.0 Å². The quantitative estimate of drug-likeness (QED) is 0.560. The maximum atomic E-state index is 12.8. The number of thiazole rings is 1. The zero-order valence-corrected chi connectivity index (χ0v) is 19.0. The highest BCUT2D eigenvalue weighted by molar-refractivity contribution is 7.13. The molecule has 4 rings (SSSR count). The van der Waals surface area contributed by atoms with Crippen LogP contribution in [0.1, 0.15) is 16.8 Å². The molecular weight excluding hydrogens is 449 g/mol. The molecule has 0 radical (unpaired) electrons. The molecular formula is C24H25F3N4OS. The van der Waals surface area contributed by atoms with Crippen molar-refractivity contribution < 1.29 is 18.0 Å². The molecule has 1 aliphatic rings. The zero-order valence-electron chi connectivity index (χ0n) is 18.2. The van der Waals surface area contributed by atoms with E-state index < -0.39 is 17.6 Å². The second kappa shape index (κ2) is 10.0. The van der Waals surface area contributed by atoms with Gasteiger partial charge in [-0.25, -0.2) is 4.98 Å². The summed E-state index contributed by atoms with van der Waals surface area (Å²) < 4.78 is 38.5. The van der Waals surface area contributed by atoms with E-state index in [2.05, 4.69) is 39.3 Å². The van der Waals surface area contributed by atoms with Gasteiger partial charge in [-0.05, 0) is 30.8 Å². The number of alkyl halides is 3. The molecule has 0 bridgehead atoms. The Hall–Kier alpha value is -2.75. The molecule has 0 aliphatic carbocycles. The summed E-state index contributed by atoms with van der Waals surface area (Å²) >= 11 is 1.44. The van der Waals surface area contributed by atoms with Crippen LogP contribution >= 0.6 is 11.3 Å². The molecule has 1 aliphatic heterocycles. The fourth-order valence-corrected chi connectivity index (χ4v) is 4.51. The topological polar surface area (TPSA) is 48.5 Å². The summed E-state index contributed by atoms with van der Waals surface area (Å²) in [5.74, 6) is -0.409. The zero-order chi connectivity index (χ0) is 23.4. The minimum Gasteiger partial charge on any atom is -0.326 e. The lowest BCUT2D eigenvalue weighted by atomic mass is 10.1. The molecule has 1 saturated heterocycles. The normalized spacial score (nSPS) is 15.5. The Balaban J connectivity index is 1.33. The van der Waals surface area contributed by atoms with Crippen LogP contribution in [0.2, 0.25) is 0 Å². The first-order valence-electron chi connectivity index (χ1n) is 10.7. The highest BCUT2D eigenvalue weighted by Gasteiger charge is 2.30. The highest BCUT2D eigenvalue weighted by atomic mass is 32.1. The van der Waals surface area contributed by atoms with Crippen molar-refractivity contribution in [2.75, 3.05) is 38.5 Å². The van der Waals surface area contributed by atoms with Gasteiger partial charge in [0.1, 0.15) is 5.01 Å². The number of hydrogen-bond donors (Lipinski definition) is 1. The molecule has 0 atom stereocenters. The third kappa shape index (κ3) is 6.40. The van der Waals surface area contributed by atoms with Crippen LogP contribution in [0.15, 0.2) is 53.9 Å². The van der Waals surface area contributed by atoms with Gasteiger partial charge in [-0.15, -0.1) is 11.3 Å². The largest absolute Gasteiger partial charge is 0.416 e. The van der Waals surface area contributed by atoms with Crippen LogP contribution in [0.3, 0.4) is 0 Å². The number of likely N-dealkylation sites (N-methyl/N-ethyl adjacent to an activating group) is 1. The number of rotatable bonds is 6. The van der Waals surface area contributed by atoms with Gasteiger partial charge in [0.25, 0.3) is 0 Å². The number of piperazine rings is 1. The summed E-state index contributed by atoms with van der Waals surface area (Å²) in [6.07, 6.45) is -4.46. The number of halogens is 3. The van der Waals surface area contributed by atoms with Crippen LogP contribution in [0.5, 0.6) is 0 Å². The smallest absolute Gasteiger partial charge is 0.326 e. The summed E-state index contributed by atoms with van der Waals surface area (Å²) in [4.78, 5) is 21.6. The van der Waals surface area contributed by atoms with E-state index in [4.69, 9.17) is 0 Å². The van der Waals surface area contributed by atoms with Gasteiger partial charge in [-0.3, -0.25) is 9.69 Å². The summed E-state index contributed by atoms with van der Waals surface area (Å²) in [6.45, 7) is 5.23. The molecule has 33 heavy (non-hydrogen) atoms. The van der Waals surface area contributed by atoms with E-state index in [1.165, 1.54) is 29.0 Å². The maximum Gasteiger partial charge on any atom is 0.416 e. The highest BCUT2D eigenvalue weighted by Crippen LogP contribution is 2.31. The molecule has 3 aromatic rings. The molecule has 9 heteroatoms. The van der Waals surface area contributed by atoms with Crippen molar-refractivity contribution in [2.24, 2.45) is 0 Å². The lowest BCUT2D eigenvalue weighted by Crippen LogP contribution is -2.43. The first-order chi connectivity index (χ1) is 15.8. The molecule has 1 amide bonds. The van der Waals surface area contributed by atoms with Gasteiger partial charge in [-0.2, -0.15) is 13.2 Å². The fourth-order valence-electron chi connectivity index (χ4n) is 3.68. The van der Waals surface area contributed by atoms with Crippen molar-refractivity contribution in [3.8, 4) is 10.6 Å². The van der Waals surface area contributed by atoms with Crippen molar-refractivity contribution in [1.29, 1.82) is 0 Å². The molecule has 174 valence electrons. The average Bonchev–Trinajstić information content (AvgIpc) is 3.24. The van der Waals surface area contributed by atoms with Crippen molar-refractivity contribution in [3.63, 3.8) is 0 Å². The summed E-state index contributed by atoms with van der Waals surface area (Å²) in [7, 11) is 2.14. The summed E-state index contributed by atoms with van der Waals surface area (Å²) in [6, 6.07) is 12.9. The third-order valence-corrected chi connectivity index (χ3v) is 6.51. The van der Waals surface area contributed by atoms with Crippen LogP contribution in [0.25, 0.3) is 10.6 Å². The maximum absolute atomic E-state index is 12.8. The number of amides is 1. The Morgan fingerprint density at radius 1 is 1.09 bits per heavy atom. The predicted molar refractivity (Wildman–Crippen MR) is 124 cm³/mol. The first kappa shape index (κ1) is 23.4. The Labute approximate surface area is 194 Å². The lowest BCUT2D eigenvalue weighted by molar-refractivity contribution is -0.137. The van der Waals surface area contributed by atoms with Gasteiger partial charge in [-0.1, -0.05) is 30.3 Å². The Morgan fingerprint density at radius 3 is 2.52 bits per heavy atom. The monoisotopic (exact) mass is 474 g/mol. The molecule has 2 heterocycles. The molecule has 0 unspecified atom stereocenters. The van der Waals surface area contributed by atoms with Crippen LogP contribution in [0, 0.1) is 0 Å². The number of hydrogen-bond acceptors (Lipinski definition) is 5. The Kier molecular flexibility index (Phi) is 7.11. The van der Waals surface area contributed by atoms with Crippen molar-refractivity contribution in [3.05, 3.63) is 70.7 Å². The predicted octanol–water partition coefficient (Wildman–Crippen LogP) is 4.76. The molecule has 0 saturated carbocycles. The summed E-state index contributed by atoms with van der Waals surface area (Å²) in [5, 5.41) is 5.13. The second-order valence-electron chi connectivity index (χ2n) is 8.22. The fraction of sp³-hybridized carbons (Fsp3) is 0.333. The number of nitrogens with one attached hydrogen (secondary N) is 1. The van der Waals surface area contributed by atoms with Gasteiger partial charge in [0.05, 0.1) is 17.7 Å². The van der Waals surface area contributed by atoms with Crippen LogP contribution in [0.4, 0.5) is 18.9 Å². The molecule has 1 fully saturated rings. The van der Waals surface area contributed by atoms with Gasteiger partial charge < -0.3 is 10.2 Å². The van der Waals surface area contributed by atoms with E-state index in [1.807, 2.05) is 12.1 Å². The number of carbonyl (C=O) groups is 1. The van der Waals surface area contributed by atoms with E-state index >= 15 is 0 Å². The van der Waals surface area contributed by atoms with Gasteiger partial charge in [0, 0.05) is 49.4 Å². The lowest BCUT2D eigenvalue weighted by Gasteiger charge is -2.32. The van der Waals surface area contributed by atoms with Crippen LogP contribution < -0.4 is 5.32 Å². The minimum atomic E-state index is -4.45. The number of nitrogens with zero attached hydrogens (tertiary/aromatic N) is 3. The molecule has 0 spiro atoms. The van der Waals surface area contributed by atoms with Crippen molar-refractivity contribution in [2.45, 2.75) is 19.1 Å². The molecule has 2 aromatic carbocycles. The van der Waals surface area contributed by atoms with Gasteiger partial charge >= 0.3 is 6.18 Å². The number of aromatic nitrogens is 1. The van der Waals surface area contributed by atoms with Crippen molar-refractivity contribution >= 4 is 22.9 Å². The Bertz CT molecular complexity index is 1090. The van der Waals surface area contributed by atoms with Crippen LogP contribution in [-0.4, -0.2) is 53.9 Å².